The van der Waals surface area contributed by atoms with Gasteiger partial charge in [0.25, 0.3) is 0 Å². The molecule has 0 aliphatic carbocycles. The normalized spacial score (nSPS) is 19.3. The van der Waals surface area contributed by atoms with Crippen LogP contribution in [0.5, 0.6) is 0 Å². The lowest BCUT2D eigenvalue weighted by atomic mass is 10.2. The maximum absolute atomic E-state index is 5.96. The Hall–Kier alpha value is -0.900. The second-order valence-corrected chi connectivity index (χ2v) is 5.23. The monoisotopic (exact) mass is 286 g/mol. The molecule has 18 heavy (non-hydrogen) atoms. The Balaban J connectivity index is 1.88. The lowest BCUT2D eigenvalue weighted by molar-refractivity contribution is -0.893. The number of nitrogens with one attached hydrogen (secondary N) is 3. The van der Waals surface area contributed by atoms with E-state index in [-0.39, 0.29) is 0 Å². The second kappa shape index (κ2) is 6.32. The van der Waals surface area contributed by atoms with Crippen LogP contribution < -0.4 is 15.8 Å². The Kier molecular flexibility index (Phi) is 4.75. The van der Waals surface area contributed by atoms with Gasteiger partial charge in [-0.3, -0.25) is 0 Å². The Bertz CT molecular complexity index is 446. The first-order valence-electron chi connectivity index (χ1n) is 6.18. The number of hydrogen-bond donors (Lipinski definition) is 3. The van der Waals surface area contributed by atoms with E-state index in [2.05, 4.69) is 23.9 Å². The Morgan fingerprint density at radius 3 is 2.67 bits per heavy atom. The quantitative estimate of drug-likeness (QED) is 0.740. The Labute approximate surface area is 118 Å². The van der Waals surface area contributed by atoms with E-state index in [1.54, 1.807) is 11.0 Å². The molecule has 0 saturated carbocycles. The molecule has 1 aliphatic rings. The molecule has 1 unspecified atom stereocenters. The zero-order chi connectivity index (χ0) is 13.0. The molecule has 1 heterocycles. The second-order valence-electron chi connectivity index (χ2n) is 4.42. The molecule has 3 nitrogen and oxygen atoms in total. The molecule has 0 radical (unpaired) electrons. The molecule has 5 heteroatoms. The predicted octanol–water partition coefficient (Wildman–Crippen LogP) is 2.10. The van der Waals surface area contributed by atoms with Gasteiger partial charge in [-0.05, 0) is 31.2 Å². The largest absolute Gasteiger partial charge is 0.332 e. The van der Waals surface area contributed by atoms with Crippen molar-refractivity contribution < 1.29 is 4.90 Å². The van der Waals surface area contributed by atoms with Gasteiger partial charge in [0.05, 0.1) is 35.4 Å². The molecule has 1 atom stereocenters. The van der Waals surface area contributed by atoms with Crippen LogP contribution >= 0.6 is 23.2 Å². The van der Waals surface area contributed by atoms with Crippen LogP contribution in [0.15, 0.2) is 30.0 Å². The molecule has 0 fully saturated rings. The van der Waals surface area contributed by atoms with Crippen LogP contribution in [0.1, 0.15) is 13.3 Å². The highest BCUT2D eigenvalue weighted by Crippen LogP contribution is 2.24. The fraction of sp³-hybridized carbons (Fsp3) is 0.385. The maximum Gasteiger partial charge on any atom is 0.0978 e. The van der Waals surface area contributed by atoms with E-state index >= 15 is 0 Å². The third-order valence-electron chi connectivity index (χ3n) is 3.17. The average molecular weight is 287 g/mol. The first-order chi connectivity index (χ1) is 8.69. The number of likely N-dealkylation sites (N-methyl/N-ethyl adjacent to an activating group) is 1. The molecule has 0 amide bonds. The first kappa shape index (κ1) is 13.5. The molecule has 98 valence electrons. The van der Waals surface area contributed by atoms with Crippen molar-refractivity contribution in [3.05, 3.63) is 40.0 Å². The summed E-state index contributed by atoms with van der Waals surface area (Å²) >= 11 is 11.8. The highest BCUT2D eigenvalue weighted by atomic mass is 35.5. The van der Waals surface area contributed by atoms with Crippen LogP contribution in [0.2, 0.25) is 10.0 Å². The number of hydrazine groups is 1. The standard InChI is InChI=1S/C13H17Cl2N3/c1-2-18-7-5-10(6-8-18)16-17-11-3-4-12(14)13(15)9-11/h3-5,9,16-17H,2,6-8H2,1H3/p+1. The summed E-state index contributed by atoms with van der Waals surface area (Å²) in [4.78, 5) is 1.62. The van der Waals surface area contributed by atoms with Crippen LogP contribution in [0.3, 0.4) is 0 Å². The summed E-state index contributed by atoms with van der Waals surface area (Å²) in [6.45, 7) is 5.67. The van der Waals surface area contributed by atoms with Crippen molar-refractivity contribution in [2.45, 2.75) is 13.3 Å². The molecule has 0 spiro atoms. The zero-order valence-corrected chi connectivity index (χ0v) is 11.9. The van der Waals surface area contributed by atoms with Crippen LogP contribution in [0.25, 0.3) is 0 Å². The number of hydrogen-bond acceptors (Lipinski definition) is 2. The van der Waals surface area contributed by atoms with Crippen LogP contribution in [0, 0.1) is 0 Å². The minimum atomic E-state index is 0.558. The van der Waals surface area contributed by atoms with E-state index in [9.17, 15) is 0 Å². The highest BCUT2D eigenvalue weighted by Gasteiger charge is 2.12. The zero-order valence-electron chi connectivity index (χ0n) is 10.4. The van der Waals surface area contributed by atoms with Gasteiger partial charge in [0.15, 0.2) is 0 Å². The van der Waals surface area contributed by atoms with Gasteiger partial charge in [0.1, 0.15) is 0 Å². The SMILES string of the molecule is CC[NH+]1CC=C(NNc2ccc(Cl)c(Cl)c2)CC1. The van der Waals surface area contributed by atoms with Crippen LogP contribution in [-0.2, 0) is 0 Å². The van der Waals surface area contributed by atoms with E-state index in [1.807, 2.05) is 12.1 Å². The van der Waals surface area contributed by atoms with Crippen molar-refractivity contribution in [2.75, 3.05) is 25.1 Å². The number of anilines is 1. The van der Waals surface area contributed by atoms with E-state index in [4.69, 9.17) is 23.2 Å². The van der Waals surface area contributed by atoms with E-state index in [0.717, 1.165) is 18.7 Å². The molecule has 0 bridgehead atoms. The molecule has 0 aromatic heterocycles. The molecular formula is C13H18Cl2N3+. The van der Waals surface area contributed by atoms with Gasteiger partial charge in [0.2, 0.25) is 0 Å². The number of rotatable bonds is 4. The molecule has 1 aliphatic heterocycles. The topological polar surface area (TPSA) is 28.5 Å². The van der Waals surface area contributed by atoms with E-state index in [1.165, 1.54) is 18.8 Å². The molecule has 0 saturated heterocycles. The van der Waals surface area contributed by atoms with E-state index < -0.39 is 0 Å². The van der Waals surface area contributed by atoms with Crippen molar-refractivity contribution >= 4 is 28.9 Å². The third-order valence-corrected chi connectivity index (χ3v) is 3.91. The summed E-state index contributed by atoms with van der Waals surface area (Å²) in [7, 11) is 0. The Morgan fingerprint density at radius 2 is 2.06 bits per heavy atom. The molecule has 2 rings (SSSR count). The molecular weight excluding hydrogens is 269 g/mol. The predicted molar refractivity (Wildman–Crippen MR) is 77.2 cm³/mol. The molecule has 1 aromatic rings. The number of halogens is 2. The van der Waals surface area contributed by atoms with Gasteiger partial charge in [-0.2, -0.15) is 0 Å². The van der Waals surface area contributed by atoms with Gasteiger partial charge in [-0.25, -0.2) is 0 Å². The minimum Gasteiger partial charge on any atom is -0.332 e. The van der Waals surface area contributed by atoms with Gasteiger partial charge in [-0.15, -0.1) is 0 Å². The molecule has 1 aromatic carbocycles. The van der Waals surface area contributed by atoms with Crippen molar-refractivity contribution in [3.8, 4) is 0 Å². The Morgan fingerprint density at radius 1 is 1.22 bits per heavy atom. The summed E-state index contributed by atoms with van der Waals surface area (Å²) in [5.41, 5.74) is 8.52. The third kappa shape index (κ3) is 3.55. The number of quaternary nitrogens is 1. The fourth-order valence-corrected chi connectivity index (χ4v) is 2.24. The van der Waals surface area contributed by atoms with Crippen LogP contribution in [-0.4, -0.2) is 19.6 Å². The van der Waals surface area contributed by atoms with Gasteiger partial charge in [-0.1, -0.05) is 23.2 Å². The van der Waals surface area contributed by atoms with Gasteiger partial charge in [0, 0.05) is 12.1 Å². The fourth-order valence-electron chi connectivity index (χ4n) is 1.94. The highest BCUT2D eigenvalue weighted by molar-refractivity contribution is 6.42. The van der Waals surface area contributed by atoms with E-state index in [0.29, 0.717) is 10.0 Å². The van der Waals surface area contributed by atoms with Crippen molar-refractivity contribution in [3.63, 3.8) is 0 Å². The lowest BCUT2D eigenvalue weighted by Crippen LogP contribution is -3.12. The first-order valence-corrected chi connectivity index (χ1v) is 6.94. The summed E-state index contributed by atoms with van der Waals surface area (Å²) in [6.07, 6.45) is 3.31. The molecule has 3 N–H and O–H groups in total. The number of benzene rings is 1. The summed E-state index contributed by atoms with van der Waals surface area (Å²) in [6, 6.07) is 5.49. The maximum atomic E-state index is 5.96. The smallest absolute Gasteiger partial charge is 0.0978 e. The van der Waals surface area contributed by atoms with Gasteiger partial charge >= 0.3 is 0 Å². The van der Waals surface area contributed by atoms with Gasteiger partial charge < -0.3 is 15.8 Å². The summed E-state index contributed by atoms with van der Waals surface area (Å²) in [5.74, 6) is 0. The summed E-state index contributed by atoms with van der Waals surface area (Å²) in [5, 5.41) is 1.13. The van der Waals surface area contributed by atoms with Crippen molar-refractivity contribution in [1.82, 2.24) is 5.43 Å². The van der Waals surface area contributed by atoms with Crippen molar-refractivity contribution in [1.29, 1.82) is 0 Å². The minimum absolute atomic E-state index is 0.558. The lowest BCUT2D eigenvalue weighted by Gasteiger charge is -2.23. The van der Waals surface area contributed by atoms with Crippen molar-refractivity contribution in [2.24, 2.45) is 0 Å². The average Bonchev–Trinajstić information content (AvgIpc) is 2.41. The van der Waals surface area contributed by atoms with Crippen LogP contribution in [0.4, 0.5) is 5.69 Å². The summed E-state index contributed by atoms with van der Waals surface area (Å²) < 4.78 is 0.